The molecular formula is C21H20N2O4. The third kappa shape index (κ3) is 4.28. The number of hydrogen-bond acceptors (Lipinski definition) is 5. The Hall–Kier alpha value is -3.28. The lowest BCUT2D eigenvalue weighted by Crippen LogP contribution is -2.27. The van der Waals surface area contributed by atoms with Crippen LogP contribution in [0.4, 0.5) is 0 Å². The molecule has 6 heteroatoms. The number of ether oxygens (including phenoxy) is 2. The summed E-state index contributed by atoms with van der Waals surface area (Å²) in [7, 11) is 0. The number of nitrogens with one attached hydrogen (secondary N) is 1. The van der Waals surface area contributed by atoms with Crippen molar-refractivity contribution in [1.82, 2.24) is 10.5 Å². The van der Waals surface area contributed by atoms with E-state index in [2.05, 4.69) is 10.5 Å². The van der Waals surface area contributed by atoms with Crippen LogP contribution in [0.25, 0.3) is 11.3 Å². The summed E-state index contributed by atoms with van der Waals surface area (Å²) in [4.78, 5) is 12.1. The molecule has 1 amide bonds. The lowest BCUT2D eigenvalue weighted by atomic mass is 10.1. The van der Waals surface area contributed by atoms with E-state index < -0.39 is 0 Å². The Morgan fingerprint density at radius 2 is 1.81 bits per heavy atom. The maximum absolute atomic E-state index is 12.1. The number of carbonyl (C=O) groups excluding carboxylic acids is 1. The third-order valence-corrected chi connectivity index (χ3v) is 4.31. The summed E-state index contributed by atoms with van der Waals surface area (Å²) in [6, 6.07) is 17.4. The van der Waals surface area contributed by atoms with E-state index in [1.807, 2.05) is 48.5 Å². The van der Waals surface area contributed by atoms with Crippen molar-refractivity contribution < 1.29 is 18.8 Å². The van der Waals surface area contributed by atoms with Crippen LogP contribution >= 0.6 is 0 Å². The Bertz CT molecular complexity index is 921. The second kappa shape index (κ2) is 7.95. The van der Waals surface area contributed by atoms with Crippen molar-refractivity contribution in [2.24, 2.45) is 0 Å². The highest BCUT2D eigenvalue weighted by molar-refractivity contribution is 5.78. The Kier molecular flexibility index (Phi) is 5.05. The fourth-order valence-corrected chi connectivity index (χ4v) is 2.95. The number of nitrogens with zero attached hydrogens (tertiary/aromatic N) is 1. The predicted molar refractivity (Wildman–Crippen MR) is 99.8 cm³/mol. The first-order valence-corrected chi connectivity index (χ1v) is 8.94. The summed E-state index contributed by atoms with van der Waals surface area (Å²) in [6.07, 6.45) is 0.983. The zero-order valence-corrected chi connectivity index (χ0v) is 14.8. The molecule has 1 aliphatic rings. The van der Waals surface area contributed by atoms with Gasteiger partial charge in [-0.15, -0.1) is 0 Å². The van der Waals surface area contributed by atoms with Gasteiger partial charge in [-0.2, -0.15) is 0 Å². The molecule has 27 heavy (non-hydrogen) atoms. The van der Waals surface area contributed by atoms with Crippen molar-refractivity contribution in [3.8, 4) is 22.8 Å². The van der Waals surface area contributed by atoms with Crippen LogP contribution in [0.3, 0.4) is 0 Å². The van der Waals surface area contributed by atoms with E-state index in [0.29, 0.717) is 37.0 Å². The van der Waals surface area contributed by atoms with Gasteiger partial charge in [-0.1, -0.05) is 35.5 Å². The summed E-state index contributed by atoms with van der Waals surface area (Å²) in [5.41, 5.74) is 2.62. The first-order chi connectivity index (χ1) is 13.3. The molecule has 0 spiro atoms. The van der Waals surface area contributed by atoms with E-state index in [1.54, 1.807) is 6.07 Å². The third-order valence-electron chi connectivity index (χ3n) is 4.31. The molecule has 0 bridgehead atoms. The van der Waals surface area contributed by atoms with Crippen LogP contribution in [0.5, 0.6) is 11.5 Å². The van der Waals surface area contributed by atoms with E-state index in [4.69, 9.17) is 14.0 Å². The Morgan fingerprint density at radius 3 is 2.67 bits per heavy atom. The molecule has 1 N–H and O–H groups in total. The van der Waals surface area contributed by atoms with Crippen LogP contribution in [0, 0.1) is 0 Å². The molecule has 2 heterocycles. The van der Waals surface area contributed by atoms with Crippen LogP contribution < -0.4 is 14.8 Å². The van der Waals surface area contributed by atoms with Crippen LogP contribution in [0.2, 0.25) is 0 Å². The van der Waals surface area contributed by atoms with Crippen molar-refractivity contribution >= 4 is 5.91 Å². The standard InChI is InChI=1S/C21H20N2O4/c24-21(22-9-8-15-4-2-1-3-5-15)14-17-13-19(27-23-17)16-6-7-18-20(12-16)26-11-10-25-18/h1-7,12-13H,8-11,14H2,(H,22,24). The van der Waals surface area contributed by atoms with Gasteiger partial charge in [0.25, 0.3) is 0 Å². The minimum Gasteiger partial charge on any atom is -0.486 e. The topological polar surface area (TPSA) is 73.6 Å². The molecule has 6 nitrogen and oxygen atoms in total. The first kappa shape index (κ1) is 17.1. The molecule has 1 aromatic heterocycles. The second-order valence-corrected chi connectivity index (χ2v) is 6.30. The second-order valence-electron chi connectivity index (χ2n) is 6.30. The fourth-order valence-electron chi connectivity index (χ4n) is 2.95. The van der Waals surface area contributed by atoms with Crippen molar-refractivity contribution in [2.45, 2.75) is 12.8 Å². The molecule has 0 radical (unpaired) electrons. The number of carbonyl (C=O) groups is 1. The number of hydrogen-bond donors (Lipinski definition) is 1. The Balaban J connectivity index is 1.33. The molecule has 0 saturated carbocycles. The summed E-state index contributed by atoms with van der Waals surface area (Å²) in [5, 5.41) is 6.92. The van der Waals surface area contributed by atoms with E-state index in [9.17, 15) is 4.79 Å². The zero-order valence-electron chi connectivity index (χ0n) is 14.8. The monoisotopic (exact) mass is 364 g/mol. The normalized spacial score (nSPS) is 12.6. The largest absolute Gasteiger partial charge is 0.486 e. The molecule has 3 aromatic rings. The van der Waals surface area contributed by atoms with Crippen molar-refractivity contribution in [3.05, 3.63) is 65.9 Å². The fraction of sp³-hybridized carbons (Fsp3) is 0.238. The number of benzene rings is 2. The molecular weight excluding hydrogens is 344 g/mol. The van der Waals surface area contributed by atoms with Gasteiger partial charge in [-0.05, 0) is 30.2 Å². The average molecular weight is 364 g/mol. The van der Waals surface area contributed by atoms with E-state index in [0.717, 1.165) is 17.7 Å². The van der Waals surface area contributed by atoms with Crippen molar-refractivity contribution in [2.75, 3.05) is 19.8 Å². The molecule has 138 valence electrons. The van der Waals surface area contributed by atoms with Gasteiger partial charge in [0, 0.05) is 18.2 Å². The number of fused-ring (bicyclic) bond motifs is 1. The summed E-state index contributed by atoms with van der Waals surface area (Å²) >= 11 is 0. The van der Waals surface area contributed by atoms with Gasteiger partial charge < -0.3 is 19.3 Å². The first-order valence-electron chi connectivity index (χ1n) is 8.94. The molecule has 0 unspecified atom stereocenters. The highest BCUT2D eigenvalue weighted by atomic mass is 16.6. The van der Waals surface area contributed by atoms with Gasteiger partial charge in [0.05, 0.1) is 12.1 Å². The van der Waals surface area contributed by atoms with Crippen LogP contribution in [-0.2, 0) is 17.6 Å². The number of aromatic nitrogens is 1. The molecule has 1 aliphatic heterocycles. The highest BCUT2D eigenvalue weighted by Crippen LogP contribution is 2.34. The van der Waals surface area contributed by atoms with E-state index >= 15 is 0 Å². The lowest BCUT2D eigenvalue weighted by Gasteiger charge is -2.18. The summed E-state index contributed by atoms with van der Waals surface area (Å²) < 4.78 is 16.5. The van der Waals surface area contributed by atoms with Crippen LogP contribution in [-0.4, -0.2) is 30.8 Å². The summed E-state index contributed by atoms with van der Waals surface area (Å²) in [5.74, 6) is 1.94. The maximum atomic E-state index is 12.1. The smallest absolute Gasteiger partial charge is 0.226 e. The molecule has 0 atom stereocenters. The van der Waals surface area contributed by atoms with Crippen LogP contribution in [0.15, 0.2) is 59.1 Å². The number of rotatable bonds is 6. The molecule has 2 aromatic carbocycles. The zero-order chi connectivity index (χ0) is 18.5. The minimum atomic E-state index is -0.0760. The van der Waals surface area contributed by atoms with Gasteiger partial charge in [0.1, 0.15) is 13.2 Å². The molecule has 0 saturated heterocycles. The van der Waals surface area contributed by atoms with Crippen molar-refractivity contribution in [1.29, 1.82) is 0 Å². The van der Waals surface area contributed by atoms with E-state index in [1.165, 1.54) is 5.56 Å². The molecule has 0 aliphatic carbocycles. The van der Waals surface area contributed by atoms with Gasteiger partial charge in [0.2, 0.25) is 5.91 Å². The minimum absolute atomic E-state index is 0.0760. The van der Waals surface area contributed by atoms with Gasteiger partial charge in [-0.3, -0.25) is 4.79 Å². The quantitative estimate of drug-likeness (QED) is 0.728. The lowest BCUT2D eigenvalue weighted by molar-refractivity contribution is -0.120. The predicted octanol–water partition coefficient (Wildman–Crippen LogP) is 3.01. The van der Waals surface area contributed by atoms with Gasteiger partial charge >= 0.3 is 0 Å². The summed E-state index contributed by atoms with van der Waals surface area (Å²) in [6.45, 7) is 1.68. The number of amides is 1. The SMILES string of the molecule is O=C(Cc1cc(-c2ccc3c(c2)OCCO3)on1)NCCc1ccccc1. The maximum Gasteiger partial charge on any atom is 0.226 e. The van der Waals surface area contributed by atoms with Crippen molar-refractivity contribution in [3.63, 3.8) is 0 Å². The molecule has 0 fully saturated rings. The average Bonchev–Trinajstić information content (AvgIpc) is 3.17. The van der Waals surface area contributed by atoms with E-state index in [-0.39, 0.29) is 12.3 Å². The van der Waals surface area contributed by atoms with Gasteiger partial charge in [0.15, 0.2) is 17.3 Å². The Morgan fingerprint density at radius 1 is 1.00 bits per heavy atom. The Labute approximate surface area is 157 Å². The van der Waals surface area contributed by atoms with Crippen LogP contribution in [0.1, 0.15) is 11.3 Å². The highest BCUT2D eigenvalue weighted by Gasteiger charge is 2.15. The van der Waals surface area contributed by atoms with Gasteiger partial charge in [-0.25, -0.2) is 0 Å². The molecule has 4 rings (SSSR count).